The average Bonchev–Trinajstić information content (AvgIpc) is 3.76. The molecule has 2 saturated carbocycles. The van der Waals surface area contributed by atoms with Crippen molar-refractivity contribution >= 4 is 52.5 Å². The fourth-order valence-electron chi connectivity index (χ4n) is 5.27. The van der Waals surface area contributed by atoms with Gasteiger partial charge in [-0.1, -0.05) is 53.0 Å². The minimum atomic E-state index is -1.34. The van der Waals surface area contributed by atoms with Gasteiger partial charge in [0.1, 0.15) is 18.1 Å². The first-order valence-electron chi connectivity index (χ1n) is 13.1. The zero-order chi connectivity index (χ0) is 30.3. The second-order valence-electron chi connectivity index (χ2n) is 10.6. The molecule has 0 bridgehead atoms. The number of aromatic carboxylic acids is 2. The van der Waals surface area contributed by atoms with E-state index in [0.717, 1.165) is 12.8 Å². The molecule has 5 rings (SSSR count). The van der Waals surface area contributed by atoms with E-state index in [1.165, 1.54) is 12.1 Å². The molecule has 2 aliphatic carbocycles. The number of halogens is 3. The van der Waals surface area contributed by atoms with Crippen LogP contribution in [-0.2, 0) is 5.60 Å². The van der Waals surface area contributed by atoms with Crippen LogP contribution in [0, 0.1) is 11.3 Å². The molecule has 0 unspecified atom stereocenters. The molecular weight excluding hydrogens is 605 g/mol. The topological polar surface area (TPSA) is 148 Å². The normalized spacial score (nSPS) is 20.3. The van der Waals surface area contributed by atoms with Gasteiger partial charge in [0.2, 0.25) is 0 Å². The van der Waals surface area contributed by atoms with Crippen LogP contribution in [0.1, 0.15) is 69.0 Å². The molecule has 2 fully saturated rings. The smallest absolute Gasteiger partial charge is 0.336 e. The van der Waals surface area contributed by atoms with E-state index in [0.29, 0.717) is 22.4 Å². The molecule has 0 spiro atoms. The lowest BCUT2D eigenvalue weighted by Gasteiger charge is -2.45. The fraction of sp³-hybridized carbons (Fsp3) is 0.258. The molecule has 3 aromatic carbocycles. The van der Waals surface area contributed by atoms with Gasteiger partial charge in [-0.3, -0.25) is 5.41 Å². The maximum absolute atomic E-state index is 11.6. The molecule has 11 heteroatoms. The lowest BCUT2D eigenvalue weighted by atomic mass is 9.64. The number of hydrogen-bond acceptors (Lipinski definition) is 6. The maximum atomic E-state index is 11.6. The van der Waals surface area contributed by atoms with Gasteiger partial charge < -0.3 is 25.2 Å². The van der Waals surface area contributed by atoms with Crippen LogP contribution in [-0.4, -0.2) is 44.7 Å². The van der Waals surface area contributed by atoms with E-state index < -0.39 is 17.5 Å². The molecule has 2 aliphatic rings. The van der Waals surface area contributed by atoms with Crippen molar-refractivity contribution in [1.29, 1.82) is 5.41 Å². The Morgan fingerprint density at radius 3 is 2.10 bits per heavy atom. The van der Waals surface area contributed by atoms with Gasteiger partial charge in [0, 0.05) is 17.0 Å². The van der Waals surface area contributed by atoms with Crippen LogP contribution in [0.2, 0.25) is 15.1 Å². The monoisotopic (exact) mass is 629 g/mol. The van der Waals surface area contributed by atoms with Crippen molar-refractivity contribution < 1.29 is 34.8 Å². The standard InChI is InChI=1S/C31H26Cl3NO7/c32-23-2-1-3-24(33)26(23)27(35)21(28(36)15-4-5-15)14-42-18-7-9-22(25(34)11-18)31(41)12-17(13-31)16-6-8-19(29(37)38)20(10-16)30(39)40/h1-3,6-11,15,17,35-36,41H,4-5,12-14H2,(H,37,38)(H,39,40)/b28-21-,35-27?. The molecule has 218 valence electrons. The molecule has 0 atom stereocenters. The molecule has 42 heavy (non-hydrogen) atoms. The number of allylic oxidation sites excluding steroid dienone is 1. The van der Waals surface area contributed by atoms with Gasteiger partial charge in [-0.2, -0.15) is 0 Å². The van der Waals surface area contributed by atoms with E-state index in [2.05, 4.69) is 0 Å². The van der Waals surface area contributed by atoms with Crippen molar-refractivity contribution in [3.63, 3.8) is 0 Å². The lowest BCUT2D eigenvalue weighted by Crippen LogP contribution is -2.40. The number of carboxylic acids is 2. The summed E-state index contributed by atoms with van der Waals surface area (Å²) in [4.78, 5) is 22.9. The largest absolute Gasteiger partial charge is 0.512 e. The zero-order valence-electron chi connectivity index (χ0n) is 22.0. The van der Waals surface area contributed by atoms with Crippen molar-refractivity contribution in [2.24, 2.45) is 5.92 Å². The number of ether oxygens (including phenoxy) is 1. The summed E-state index contributed by atoms with van der Waals surface area (Å²) in [5.41, 5.74) is -0.246. The fourth-order valence-corrected chi connectivity index (χ4v) is 6.21. The second kappa shape index (κ2) is 11.6. The Bertz CT molecular complexity index is 1620. The summed E-state index contributed by atoms with van der Waals surface area (Å²) in [6.07, 6.45) is 2.13. The Labute approximate surface area is 256 Å². The highest BCUT2D eigenvalue weighted by atomic mass is 35.5. The Kier molecular flexibility index (Phi) is 8.27. The summed E-state index contributed by atoms with van der Waals surface area (Å²) in [6, 6.07) is 13.9. The quantitative estimate of drug-likeness (QED) is 0.115. The van der Waals surface area contributed by atoms with E-state index in [-0.39, 0.29) is 74.5 Å². The van der Waals surface area contributed by atoms with E-state index in [1.807, 2.05) is 0 Å². The van der Waals surface area contributed by atoms with Crippen LogP contribution in [0.4, 0.5) is 0 Å². The van der Waals surface area contributed by atoms with E-state index in [9.17, 15) is 30.0 Å². The predicted octanol–water partition coefficient (Wildman–Crippen LogP) is 7.48. The van der Waals surface area contributed by atoms with Gasteiger partial charge >= 0.3 is 11.9 Å². The minimum absolute atomic E-state index is 0.0324. The SMILES string of the molecule is N=C(/C(COc1ccc(C2(O)CC(c3ccc(C(=O)O)c(C(=O)O)c3)C2)c(Cl)c1)=C(\O)C1CC1)c1c(Cl)cccc1Cl. The molecule has 0 aromatic heterocycles. The summed E-state index contributed by atoms with van der Waals surface area (Å²) in [7, 11) is 0. The van der Waals surface area contributed by atoms with Crippen LogP contribution >= 0.6 is 34.8 Å². The summed E-state index contributed by atoms with van der Waals surface area (Å²) in [5, 5.41) is 50.4. The first-order chi connectivity index (χ1) is 19.9. The van der Waals surface area contributed by atoms with Crippen LogP contribution in [0.25, 0.3) is 0 Å². The van der Waals surface area contributed by atoms with Crippen LogP contribution in [0.5, 0.6) is 5.75 Å². The Hall–Kier alpha value is -3.56. The van der Waals surface area contributed by atoms with Crippen molar-refractivity contribution in [2.75, 3.05) is 6.61 Å². The maximum Gasteiger partial charge on any atom is 0.336 e. The molecule has 3 aromatic rings. The highest BCUT2D eigenvalue weighted by Gasteiger charge is 2.46. The van der Waals surface area contributed by atoms with Crippen molar-refractivity contribution in [3.8, 4) is 5.75 Å². The minimum Gasteiger partial charge on any atom is -0.512 e. The molecule has 0 radical (unpaired) electrons. The Morgan fingerprint density at radius 1 is 0.881 bits per heavy atom. The zero-order valence-corrected chi connectivity index (χ0v) is 24.3. The van der Waals surface area contributed by atoms with E-state index in [4.69, 9.17) is 44.9 Å². The number of aliphatic hydroxyl groups is 2. The van der Waals surface area contributed by atoms with Crippen LogP contribution in [0.3, 0.4) is 0 Å². The molecule has 0 heterocycles. The number of nitrogens with one attached hydrogen (secondary N) is 1. The third-order valence-electron chi connectivity index (χ3n) is 7.76. The number of carbonyl (C=O) groups is 2. The summed E-state index contributed by atoms with van der Waals surface area (Å²) < 4.78 is 5.93. The van der Waals surface area contributed by atoms with Crippen molar-refractivity contribution in [3.05, 3.63) is 109 Å². The molecule has 0 aliphatic heterocycles. The molecule has 0 amide bonds. The number of rotatable bonds is 10. The first kappa shape index (κ1) is 29.9. The summed E-state index contributed by atoms with van der Waals surface area (Å²) in [6.45, 7) is -0.136. The van der Waals surface area contributed by atoms with Gasteiger partial charge in [-0.15, -0.1) is 0 Å². The number of carboxylic acid groups (broad SMARTS) is 2. The van der Waals surface area contributed by atoms with Crippen molar-refractivity contribution in [2.45, 2.75) is 37.2 Å². The van der Waals surface area contributed by atoms with Crippen molar-refractivity contribution in [1.82, 2.24) is 0 Å². The summed E-state index contributed by atoms with van der Waals surface area (Å²) >= 11 is 19.2. The number of benzene rings is 3. The number of aliphatic hydroxyl groups excluding tert-OH is 1. The van der Waals surface area contributed by atoms with Crippen LogP contribution < -0.4 is 4.74 Å². The van der Waals surface area contributed by atoms with E-state index >= 15 is 0 Å². The third kappa shape index (κ3) is 5.85. The van der Waals surface area contributed by atoms with E-state index in [1.54, 1.807) is 42.5 Å². The lowest BCUT2D eigenvalue weighted by molar-refractivity contribution is -0.0549. The Morgan fingerprint density at radius 2 is 1.52 bits per heavy atom. The highest BCUT2D eigenvalue weighted by molar-refractivity contribution is 6.41. The second-order valence-corrected chi connectivity index (χ2v) is 11.8. The molecule has 0 saturated heterocycles. The molecule has 5 N–H and O–H groups in total. The van der Waals surface area contributed by atoms with Gasteiger partial charge in [-0.05, 0) is 73.6 Å². The van der Waals surface area contributed by atoms with Gasteiger partial charge in [0.05, 0.1) is 43.1 Å². The third-order valence-corrected chi connectivity index (χ3v) is 8.70. The first-order valence-corrected chi connectivity index (χ1v) is 14.2. The van der Waals surface area contributed by atoms with Gasteiger partial charge in [0.25, 0.3) is 0 Å². The average molecular weight is 631 g/mol. The predicted molar refractivity (Wildman–Crippen MR) is 159 cm³/mol. The van der Waals surface area contributed by atoms with Gasteiger partial charge in [0.15, 0.2) is 0 Å². The number of hydrogen-bond donors (Lipinski definition) is 5. The summed E-state index contributed by atoms with van der Waals surface area (Å²) in [5.74, 6) is -2.48. The van der Waals surface area contributed by atoms with Crippen LogP contribution in [0.15, 0.2) is 65.9 Å². The Balaban J connectivity index is 1.31. The highest BCUT2D eigenvalue weighted by Crippen LogP contribution is 2.53. The molecule has 8 nitrogen and oxygen atoms in total. The van der Waals surface area contributed by atoms with Gasteiger partial charge in [-0.25, -0.2) is 9.59 Å². The molecular formula is C31H26Cl3NO7.